The van der Waals surface area contributed by atoms with Gasteiger partial charge in [-0.05, 0) is 74.0 Å². The number of hydrogen-bond acceptors (Lipinski definition) is 2. The van der Waals surface area contributed by atoms with Gasteiger partial charge in [-0.2, -0.15) is 18.3 Å². The number of urea groups is 1. The van der Waals surface area contributed by atoms with Gasteiger partial charge in [0.2, 0.25) is 0 Å². The van der Waals surface area contributed by atoms with Crippen LogP contribution in [-0.4, -0.2) is 17.8 Å². The van der Waals surface area contributed by atoms with Gasteiger partial charge in [0.1, 0.15) is 0 Å². The average molecular weight is 365 g/mol. The van der Waals surface area contributed by atoms with Gasteiger partial charge in [-0.25, -0.2) is 10.2 Å². The third-order valence-electron chi connectivity index (χ3n) is 6.01. The lowest BCUT2D eigenvalue weighted by atomic mass is 9.53. The molecule has 4 bridgehead atoms. The normalized spacial score (nSPS) is 32.8. The molecule has 0 saturated heterocycles. The Morgan fingerprint density at radius 1 is 1.12 bits per heavy atom. The van der Waals surface area contributed by atoms with E-state index in [4.69, 9.17) is 0 Å². The van der Waals surface area contributed by atoms with E-state index in [0.717, 1.165) is 49.1 Å². The molecule has 2 N–H and O–H groups in total. The number of carbonyl (C=O) groups excluding carboxylic acids is 1. The Hall–Kier alpha value is -2.05. The highest BCUT2D eigenvalue weighted by atomic mass is 19.4. The lowest BCUT2D eigenvalue weighted by molar-refractivity contribution is -0.137. The summed E-state index contributed by atoms with van der Waals surface area (Å²) in [4.78, 5) is 12.2. The number of halogens is 3. The van der Waals surface area contributed by atoms with Crippen molar-refractivity contribution in [3.8, 4) is 0 Å². The van der Waals surface area contributed by atoms with Crippen molar-refractivity contribution in [3.05, 3.63) is 35.4 Å². The molecular weight excluding hydrogens is 343 g/mol. The van der Waals surface area contributed by atoms with E-state index in [9.17, 15) is 18.0 Å². The topological polar surface area (TPSA) is 53.5 Å². The largest absolute Gasteiger partial charge is 0.416 e. The molecule has 26 heavy (non-hydrogen) atoms. The van der Waals surface area contributed by atoms with E-state index < -0.39 is 11.7 Å². The first-order valence-corrected chi connectivity index (χ1v) is 9.10. The molecule has 0 spiro atoms. The number of carbonyl (C=O) groups is 1. The Bertz CT molecular complexity index is 694. The quantitative estimate of drug-likeness (QED) is 0.609. The zero-order valence-corrected chi connectivity index (χ0v) is 14.4. The molecule has 4 aliphatic carbocycles. The molecule has 0 atom stereocenters. The summed E-state index contributed by atoms with van der Waals surface area (Å²) in [7, 11) is 0. The number of benzene rings is 1. The maximum Gasteiger partial charge on any atom is 0.416 e. The molecule has 140 valence electrons. The molecule has 4 fully saturated rings. The Morgan fingerprint density at radius 3 is 2.31 bits per heavy atom. The van der Waals surface area contributed by atoms with Crippen LogP contribution >= 0.6 is 0 Å². The van der Waals surface area contributed by atoms with Gasteiger partial charge < -0.3 is 5.32 Å². The predicted octanol–water partition coefficient (Wildman–Crippen LogP) is 4.31. The van der Waals surface area contributed by atoms with Crippen LogP contribution in [0.15, 0.2) is 29.4 Å². The second-order valence-electron chi connectivity index (χ2n) is 8.15. The predicted molar refractivity (Wildman–Crippen MR) is 91.6 cm³/mol. The van der Waals surface area contributed by atoms with Gasteiger partial charge in [-0.15, -0.1) is 0 Å². The van der Waals surface area contributed by atoms with Crippen molar-refractivity contribution in [1.82, 2.24) is 10.7 Å². The zero-order valence-electron chi connectivity index (χ0n) is 14.4. The van der Waals surface area contributed by atoms with Gasteiger partial charge in [0.15, 0.2) is 0 Å². The second-order valence-corrected chi connectivity index (χ2v) is 8.15. The Kier molecular flexibility index (Phi) is 4.20. The molecule has 2 amide bonds. The van der Waals surface area contributed by atoms with E-state index in [0.29, 0.717) is 0 Å². The highest BCUT2D eigenvalue weighted by molar-refractivity contribution is 5.82. The summed E-state index contributed by atoms with van der Waals surface area (Å²) >= 11 is 0. The van der Waals surface area contributed by atoms with Crippen molar-refractivity contribution in [2.24, 2.45) is 22.9 Å². The van der Waals surface area contributed by atoms with Crippen LogP contribution in [0.4, 0.5) is 18.0 Å². The molecule has 4 saturated carbocycles. The lowest BCUT2D eigenvalue weighted by Gasteiger charge is -2.56. The van der Waals surface area contributed by atoms with E-state index in [1.807, 2.05) is 0 Å². The Labute approximate surface area is 150 Å². The first kappa shape index (κ1) is 17.4. The molecule has 4 nitrogen and oxygen atoms in total. The third-order valence-corrected chi connectivity index (χ3v) is 6.01. The molecule has 0 aliphatic heterocycles. The second kappa shape index (κ2) is 6.28. The van der Waals surface area contributed by atoms with Gasteiger partial charge in [-0.1, -0.05) is 12.1 Å². The van der Waals surface area contributed by atoms with Crippen LogP contribution in [0, 0.1) is 17.8 Å². The Morgan fingerprint density at radius 2 is 1.73 bits per heavy atom. The first-order valence-electron chi connectivity index (χ1n) is 9.10. The number of alkyl halides is 3. The van der Waals surface area contributed by atoms with Crippen molar-refractivity contribution >= 4 is 12.2 Å². The number of nitrogens with one attached hydrogen (secondary N) is 2. The number of rotatable bonds is 3. The molecule has 1 aromatic carbocycles. The summed E-state index contributed by atoms with van der Waals surface area (Å²) in [6.07, 6.45) is 3.79. The van der Waals surface area contributed by atoms with Gasteiger partial charge in [0.05, 0.1) is 11.8 Å². The van der Waals surface area contributed by atoms with Crippen LogP contribution in [0.2, 0.25) is 0 Å². The fourth-order valence-electron chi connectivity index (χ4n) is 5.49. The van der Waals surface area contributed by atoms with E-state index in [-0.39, 0.29) is 17.1 Å². The number of amides is 2. The number of hydrogen-bond donors (Lipinski definition) is 2. The lowest BCUT2D eigenvalue weighted by Crippen LogP contribution is -2.61. The van der Waals surface area contributed by atoms with E-state index in [1.54, 1.807) is 0 Å². The van der Waals surface area contributed by atoms with E-state index in [2.05, 4.69) is 15.8 Å². The average Bonchev–Trinajstić information content (AvgIpc) is 2.52. The third kappa shape index (κ3) is 3.57. The highest BCUT2D eigenvalue weighted by Gasteiger charge is 2.51. The van der Waals surface area contributed by atoms with E-state index >= 15 is 0 Å². The molecule has 0 aromatic heterocycles. The summed E-state index contributed by atoms with van der Waals surface area (Å²) in [6, 6.07) is 4.46. The summed E-state index contributed by atoms with van der Waals surface area (Å²) in [6.45, 7) is 0. The van der Waals surface area contributed by atoms with Crippen LogP contribution in [-0.2, 0) is 6.18 Å². The maximum absolute atomic E-state index is 12.7. The van der Waals surface area contributed by atoms with Crippen LogP contribution in [0.1, 0.15) is 49.7 Å². The minimum Gasteiger partial charge on any atom is -0.331 e. The molecule has 1 aromatic rings. The van der Waals surface area contributed by atoms with E-state index in [1.165, 1.54) is 37.6 Å². The minimum atomic E-state index is -4.40. The maximum atomic E-state index is 12.7. The molecular formula is C19H22F3N3O. The molecule has 4 aliphatic rings. The van der Waals surface area contributed by atoms with Gasteiger partial charge in [0, 0.05) is 5.54 Å². The van der Waals surface area contributed by atoms with Crippen LogP contribution in [0.25, 0.3) is 0 Å². The van der Waals surface area contributed by atoms with Crippen molar-refractivity contribution in [3.63, 3.8) is 0 Å². The number of nitrogens with zero attached hydrogens (tertiary/aromatic N) is 1. The summed E-state index contributed by atoms with van der Waals surface area (Å²) in [5.74, 6) is 2.15. The van der Waals surface area contributed by atoms with Crippen LogP contribution < -0.4 is 10.7 Å². The van der Waals surface area contributed by atoms with Crippen molar-refractivity contribution < 1.29 is 18.0 Å². The zero-order chi connectivity index (χ0) is 18.4. The number of hydrazone groups is 1. The fraction of sp³-hybridized carbons (Fsp3) is 0.579. The van der Waals surface area contributed by atoms with Crippen LogP contribution in [0.5, 0.6) is 0 Å². The summed E-state index contributed by atoms with van der Waals surface area (Å²) in [5, 5.41) is 6.91. The first-order chi connectivity index (χ1) is 12.3. The Balaban J connectivity index is 1.35. The minimum absolute atomic E-state index is 0.120. The highest BCUT2D eigenvalue weighted by Crippen LogP contribution is 2.55. The molecule has 7 heteroatoms. The fourth-order valence-corrected chi connectivity index (χ4v) is 5.49. The monoisotopic (exact) mass is 365 g/mol. The molecule has 5 rings (SSSR count). The summed E-state index contributed by atoms with van der Waals surface area (Å²) in [5.41, 5.74) is 1.83. The van der Waals surface area contributed by atoms with Crippen LogP contribution in [0.3, 0.4) is 0 Å². The SMILES string of the molecule is O=C(NN=Cc1cccc(C(F)(F)F)c1)NC12CC3CC(CC(C3)C1)C2. The van der Waals surface area contributed by atoms with Crippen molar-refractivity contribution in [2.75, 3.05) is 0 Å². The molecule has 0 radical (unpaired) electrons. The van der Waals surface area contributed by atoms with Crippen molar-refractivity contribution in [1.29, 1.82) is 0 Å². The smallest absolute Gasteiger partial charge is 0.331 e. The van der Waals surface area contributed by atoms with Gasteiger partial charge in [0.25, 0.3) is 0 Å². The van der Waals surface area contributed by atoms with Crippen molar-refractivity contribution in [2.45, 2.75) is 50.2 Å². The van der Waals surface area contributed by atoms with Gasteiger partial charge in [-0.3, -0.25) is 0 Å². The molecule has 0 heterocycles. The van der Waals surface area contributed by atoms with Gasteiger partial charge >= 0.3 is 12.2 Å². The molecule has 0 unspecified atom stereocenters. The standard InChI is InChI=1S/C19H22F3N3O/c20-19(21,22)16-3-1-2-12(7-16)11-23-25-17(26)24-18-8-13-4-14(9-18)6-15(5-13)10-18/h1-3,7,11,13-15H,4-6,8-10H2,(H2,24,25,26). The summed E-state index contributed by atoms with van der Waals surface area (Å²) < 4.78 is 38.1.